The van der Waals surface area contributed by atoms with E-state index in [0.29, 0.717) is 34.7 Å². The van der Waals surface area contributed by atoms with Gasteiger partial charge in [-0.1, -0.05) is 30.0 Å². The fourth-order valence-corrected chi connectivity index (χ4v) is 3.80. The Morgan fingerprint density at radius 1 is 1.18 bits per heavy atom. The van der Waals surface area contributed by atoms with Crippen LogP contribution in [0.15, 0.2) is 52.1 Å². The SMILES string of the molecule is COc1ccc(OC)c(-c2nnc(SCC(=O)N3CCc4ccccc43)o2)c1. The summed E-state index contributed by atoms with van der Waals surface area (Å²) >= 11 is 1.23. The molecule has 1 aromatic heterocycles. The number of amides is 1. The second-order valence-corrected chi connectivity index (χ2v) is 7.08. The van der Waals surface area contributed by atoms with Gasteiger partial charge in [-0.25, -0.2) is 0 Å². The van der Waals surface area contributed by atoms with Gasteiger partial charge >= 0.3 is 0 Å². The van der Waals surface area contributed by atoms with Crippen LogP contribution in [0.1, 0.15) is 5.56 Å². The van der Waals surface area contributed by atoms with Crippen LogP contribution in [-0.2, 0) is 11.2 Å². The zero-order valence-electron chi connectivity index (χ0n) is 15.5. The lowest BCUT2D eigenvalue weighted by atomic mass is 10.2. The summed E-state index contributed by atoms with van der Waals surface area (Å²) < 4.78 is 16.3. The highest BCUT2D eigenvalue weighted by atomic mass is 32.2. The molecule has 0 bridgehead atoms. The van der Waals surface area contributed by atoms with Gasteiger partial charge in [0.2, 0.25) is 5.91 Å². The van der Waals surface area contributed by atoms with Gasteiger partial charge in [0.05, 0.1) is 25.5 Å². The molecule has 0 saturated heterocycles. The fraction of sp³-hybridized carbons (Fsp3) is 0.250. The quantitative estimate of drug-likeness (QED) is 0.590. The van der Waals surface area contributed by atoms with Gasteiger partial charge in [-0.2, -0.15) is 0 Å². The first-order chi connectivity index (χ1) is 13.7. The van der Waals surface area contributed by atoms with E-state index in [1.165, 1.54) is 17.3 Å². The first-order valence-corrected chi connectivity index (χ1v) is 9.75. The van der Waals surface area contributed by atoms with Gasteiger partial charge in [-0.05, 0) is 36.2 Å². The van der Waals surface area contributed by atoms with Crippen LogP contribution in [0.4, 0.5) is 5.69 Å². The number of hydrogen-bond donors (Lipinski definition) is 0. The van der Waals surface area contributed by atoms with Crippen LogP contribution < -0.4 is 14.4 Å². The number of rotatable bonds is 6. The molecule has 2 heterocycles. The second kappa shape index (κ2) is 7.93. The van der Waals surface area contributed by atoms with Gasteiger partial charge in [0.15, 0.2) is 0 Å². The summed E-state index contributed by atoms with van der Waals surface area (Å²) in [5.41, 5.74) is 2.83. The first kappa shape index (κ1) is 18.4. The molecule has 144 valence electrons. The zero-order chi connectivity index (χ0) is 19.5. The lowest BCUT2D eigenvalue weighted by Gasteiger charge is -2.16. The third-order valence-electron chi connectivity index (χ3n) is 4.55. The number of anilines is 1. The Morgan fingerprint density at radius 3 is 2.86 bits per heavy atom. The summed E-state index contributed by atoms with van der Waals surface area (Å²) in [6.07, 6.45) is 0.882. The number of carbonyl (C=O) groups excluding carboxylic acids is 1. The van der Waals surface area contributed by atoms with Crippen molar-refractivity contribution in [3.63, 3.8) is 0 Å². The number of para-hydroxylation sites is 1. The van der Waals surface area contributed by atoms with E-state index >= 15 is 0 Å². The molecule has 4 rings (SSSR count). The number of methoxy groups -OCH3 is 2. The van der Waals surface area contributed by atoms with E-state index in [4.69, 9.17) is 13.9 Å². The lowest BCUT2D eigenvalue weighted by molar-refractivity contribution is -0.116. The summed E-state index contributed by atoms with van der Waals surface area (Å²) in [6.45, 7) is 0.703. The predicted molar refractivity (Wildman–Crippen MR) is 106 cm³/mol. The third-order valence-corrected chi connectivity index (χ3v) is 5.35. The molecular formula is C20H19N3O4S. The van der Waals surface area contributed by atoms with Crippen molar-refractivity contribution in [1.29, 1.82) is 0 Å². The van der Waals surface area contributed by atoms with Gasteiger partial charge in [0.25, 0.3) is 11.1 Å². The maximum atomic E-state index is 12.6. The molecule has 28 heavy (non-hydrogen) atoms. The molecule has 0 radical (unpaired) electrons. The van der Waals surface area contributed by atoms with Crippen molar-refractivity contribution in [2.45, 2.75) is 11.6 Å². The van der Waals surface area contributed by atoms with Crippen molar-refractivity contribution >= 4 is 23.4 Å². The largest absolute Gasteiger partial charge is 0.497 e. The van der Waals surface area contributed by atoms with Gasteiger partial charge in [0, 0.05) is 12.2 Å². The second-order valence-electron chi connectivity index (χ2n) is 6.15. The summed E-state index contributed by atoms with van der Waals surface area (Å²) in [6, 6.07) is 13.3. The number of ether oxygens (including phenoxy) is 2. The Balaban J connectivity index is 1.46. The number of nitrogens with zero attached hydrogens (tertiary/aromatic N) is 3. The Labute approximate surface area is 166 Å². The van der Waals surface area contributed by atoms with Crippen LogP contribution in [-0.4, -0.2) is 42.6 Å². The number of carbonyl (C=O) groups is 1. The van der Waals surface area contributed by atoms with Crippen LogP contribution in [0.5, 0.6) is 11.5 Å². The van der Waals surface area contributed by atoms with E-state index in [2.05, 4.69) is 16.3 Å². The molecule has 0 N–H and O–H groups in total. The lowest BCUT2D eigenvalue weighted by Crippen LogP contribution is -2.30. The van der Waals surface area contributed by atoms with Crippen molar-refractivity contribution < 1.29 is 18.7 Å². The minimum absolute atomic E-state index is 0.0219. The van der Waals surface area contributed by atoms with E-state index in [1.807, 2.05) is 23.1 Å². The highest BCUT2D eigenvalue weighted by Crippen LogP contribution is 2.34. The van der Waals surface area contributed by atoms with Crippen LogP contribution in [0.25, 0.3) is 11.5 Å². The average Bonchev–Trinajstić information content (AvgIpc) is 3.38. The van der Waals surface area contributed by atoms with E-state index in [9.17, 15) is 4.79 Å². The number of aromatic nitrogens is 2. The van der Waals surface area contributed by atoms with Gasteiger partial charge in [-0.15, -0.1) is 10.2 Å². The van der Waals surface area contributed by atoms with Gasteiger partial charge in [-0.3, -0.25) is 4.79 Å². The highest BCUT2D eigenvalue weighted by Gasteiger charge is 2.24. The monoisotopic (exact) mass is 397 g/mol. The molecular weight excluding hydrogens is 378 g/mol. The molecule has 7 nitrogen and oxygen atoms in total. The smallest absolute Gasteiger partial charge is 0.277 e. The Kier molecular flexibility index (Phi) is 5.21. The van der Waals surface area contributed by atoms with Crippen LogP contribution >= 0.6 is 11.8 Å². The summed E-state index contributed by atoms with van der Waals surface area (Å²) in [4.78, 5) is 14.4. The molecule has 0 fully saturated rings. The molecule has 0 atom stereocenters. The molecule has 2 aromatic carbocycles. The minimum atomic E-state index is 0.0219. The highest BCUT2D eigenvalue weighted by molar-refractivity contribution is 7.99. The molecule has 1 aliphatic rings. The molecule has 8 heteroatoms. The minimum Gasteiger partial charge on any atom is -0.497 e. The molecule has 0 aliphatic carbocycles. The Bertz CT molecular complexity index is 1000. The molecule has 3 aromatic rings. The van der Waals surface area contributed by atoms with E-state index in [-0.39, 0.29) is 11.7 Å². The molecule has 0 spiro atoms. The number of hydrogen-bond acceptors (Lipinski definition) is 7. The maximum Gasteiger partial charge on any atom is 0.277 e. The van der Waals surface area contributed by atoms with E-state index < -0.39 is 0 Å². The third kappa shape index (κ3) is 3.55. The first-order valence-electron chi connectivity index (χ1n) is 8.76. The summed E-state index contributed by atoms with van der Waals surface area (Å²) in [5, 5.41) is 8.46. The molecule has 0 saturated carbocycles. The van der Waals surface area contributed by atoms with Crippen LogP contribution in [0, 0.1) is 0 Å². The van der Waals surface area contributed by atoms with Crippen molar-refractivity contribution in [3.8, 4) is 23.0 Å². The Morgan fingerprint density at radius 2 is 2.04 bits per heavy atom. The molecule has 1 aliphatic heterocycles. The normalized spacial score (nSPS) is 12.7. The number of thioether (sulfide) groups is 1. The fourth-order valence-electron chi connectivity index (χ4n) is 3.16. The number of benzene rings is 2. The standard InChI is InChI=1S/C20H19N3O4S/c1-25-14-7-8-17(26-2)15(11-14)19-21-22-20(27-19)28-12-18(24)23-10-9-13-5-3-4-6-16(13)23/h3-8,11H,9-10,12H2,1-2H3. The van der Waals surface area contributed by atoms with Crippen LogP contribution in [0.3, 0.4) is 0 Å². The van der Waals surface area contributed by atoms with Crippen molar-refractivity contribution in [1.82, 2.24) is 10.2 Å². The van der Waals surface area contributed by atoms with Gasteiger partial charge in [0.1, 0.15) is 11.5 Å². The predicted octanol–water partition coefficient (Wildman–Crippen LogP) is 3.44. The zero-order valence-corrected chi connectivity index (χ0v) is 16.4. The van der Waals surface area contributed by atoms with Crippen molar-refractivity contribution in [2.75, 3.05) is 31.4 Å². The summed E-state index contributed by atoms with van der Waals surface area (Å²) in [7, 11) is 3.16. The van der Waals surface area contributed by atoms with Crippen LogP contribution in [0.2, 0.25) is 0 Å². The van der Waals surface area contributed by atoms with Crippen molar-refractivity contribution in [3.05, 3.63) is 48.0 Å². The maximum absolute atomic E-state index is 12.6. The molecule has 0 unspecified atom stereocenters. The topological polar surface area (TPSA) is 77.7 Å². The number of fused-ring (bicyclic) bond motifs is 1. The summed E-state index contributed by atoms with van der Waals surface area (Å²) in [5.74, 6) is 1.83. The van der Waals surface area contributed by atoms with Gasteiger partial charge < -0.3 is 18.8 Å². The Hall–Kier alpha value is -3.00. The van der Waals surface area contributed by atoms with E-state index in [0.717, 1.165) is 12.1 Å². The average molecular weight is 397 g/mol. The molecule has 1 amide bonds. The van der Waals surface area contributed by atoms with E-state index in [1.54, 1.807) is 32.4 Å². The van der Waals surface area contributed by atoms with Crippen molar-refractivity contribution in [2.24, 2.45) is 0 Å².